The van der Waals surface area contributed by atoms with Crippen molar-refractivity contribution in [2.45, 2.75) is 20.3 Å². The molecule has 0 spiro atoms. The molecule has 22 heavy (non-hydrogen) atoms. The average molecular weight is 293 g/mol. The monoisotopic (exact) mass is 293 g/mol. The fourth-order valence-electron chi connectivity index (χ4n) is 3.01. The molecule has 0 saturated carbocycles. The molecule has 0 fully saturated rings. The molecule has 112 valence electrons. The van der Waals surface area contributed by atoms with Crippen molar-refractivity contribution >= 4 is 16.8 Å². The highest BCUT2D eigenvalue weighted by molar-refractivity contribution is 6.04. The molecular weight excluding hydrogens is 274 g/mol. The highest BCUT2D eigenvalue weighted by Gasteiger charge is 2.19. The third kappa shape index (κ3) is 2.19. The maximum atomic E-state index is 12.9. The summed E-state index contributed by atoms with van der Waals surface area (Å²) in [5.41, 5.74) is 3.82. The maximum absolute atomic E-state index is 12.9. The predicted molar refractivity (Wildman–Crippen MR) is 88.8 cm³/mol. The summed E-state index contributed by atoms with van der Waals surface area (Å²) in [6.07, 6.45) is 0.880. The van der Waals surface area contributed by atoms with Gasteiger partial charge < -0.3 is 4.74 Å². The van der Waals surface area contributed by atoms with Crippen LogP contribution in [0, 0.1) is 6.92 Å². The van der Waals surface area contributed by atoms with Crippen molar-refractivity contribution in [3.05, 3.63) is 65.4 Å². The van der Waals surface area contributed by atoms with Gasteiger partial charge in [-0.3, -0.25) is 9.36 Å². The summed E-state index contributed by atoms with van der Waals surface area (Å²) in [4.78, 5) is 12.9. The lowest BCUT2D eigenvalue weighted by Gasteiger charge is -2.07. The Morgan fingerprint density at radius 3 is 2.50 bits per heavy atom. The number of methoxy groups -OCH3 is 1. The van der Waals surface area contributed by atoms with Crippen molar-refractivity contribution < 1.29 is 9.53 Å². The van der Waals surface area contributed by atoms with Gasteiger partial charge >= 0.3 is 0 Å². The first kappa shape index (κ1) is 14.4. The molecule has 1 aromatic heterocycles. The molecule has 0 amide bonds. The number of benzene rings is 2. The normalized spacial score (nSPS) is 10.9. The number of hydrogen-bond acceptors (Lipinski definition) is 2. The summed E-state index contributed by atoms with van der Waals surface area (Å²) in [6, 6.07) is 15.3. The fourth-order valence-corrected chi connectivity index (χ4v) is 3.01. The number of hydrogen-bond donors (Lipinski definition) is 0. The summed E-state index contributed by atoms with van der Waals surface area (Å²) in [5.74, 6) is 0.819. The molecule has 0 bridgehead atoms. The third-order valence-electron chi connectivity index (χ3n) is 4.12. The lowest BCUT2D eigenvalue weighted by molar-refractivity contribution is 0.0963. The van der Waals surface area contributed by atoms with E-state index in [4.69, 9.17) is 4.74 Å². The molecule has 0 N–H and O–H groups in total. The molecule has 0 radical (unpaired) electrons. The van der Waals surface area contributed by atoms with Gasteiger partial charge in [-0.1, -0.05) is 25.1 Å². The number of aryl methyl sites for hydroxylation is 1. The van der Waals surface area contributed by atoms with Crippen LogP contribution in [0.15, 0.2) is 48.5 Å². The van der Waals surface area contributed by atoms with E-state index in [-0.39, 0.29) is 5.91 Å². The quantitative estimate of drug-likeness (QED) is 0.724. The second kappa shape index (κ2) is 5.68. The lowest BCUT2D eigenvalue weighted by atomic mass is 10.1. The third-order valence-corrected chi connectivity index (χ3v) is 4.12. The van der Waals surface area contributed by atoms with E-state index in [9.17, 15) is 4.79 Å². The van der Waals surface area contributed by atoms with Crippen molar-refractivity contribution in [1.82, 2.24) is 4.57 Å². The fraction of sp³-hybridized carbons (Fsp3) is 0.211. The Kier molecular flexibility index (Phi) is 3.72. The zero-order chi connectivity index (χ0) is 15.7. The zero-order valence-corrected chi connectivity index (χ0v) is 13.1. The van der Waals surface area contributed by atoms with Gasteiger partial charge in [0, 0.05) is 16.6 Å². The summed E-state index contributed by atoms with van der Waals surface area (Å²) in [6.45, 7) is 4.12. The van der Waals surface area contributed by atoms with Crippen LogP contribution < -0.4 is 4.74 Å². The van der Waals surface area contributed by atoms with Crippen molar-refractivity contribution in [3.8, 4) is 5.75 Å². The Labute approximate surface area is 130 Å². The number of rotatable bonds is 3. The van der Waals surface area contributed by atoms with Gasteiger partial charge in [0.05, 0.1) is 12.6 Å². The first-order valence-electron chi connectivity index (χ1n) is 7.45. The van der Waals surface area contributed by atoms with Crippen LogP contribution in [0.4, 0.5) is 0 Å². The SMILES string of the molecule is CCc1c(C)n(C(=O)c2ccccc2)c2ccc(OC)cc12. The van der Waals surface area contributed by atoms with E-state index < -0.39 is 0 Å². The summed E-state index contributed by atoms with van der Waals surface area (Å²) in [7, 11) is 1.66. The van der Waals surface area contributed by atoms with Crippen molar-refractivity contribution in [2.24, 2.45) is 0 Å². The van der Waals surface area contributed by atoms with Crippen LogP contribution in [0.5, 0.6) is 5.75 Å². The summed E-state index contributed by atoms with van der Waals surface area (Å²) < 4.78 is 7.13. The van der Waals surface area contributed by atoms with Crippen LogP contribution in [0.3, 0.4) is 0 Å². The Hall–Kier alpha value is -2.55. The van der Waals surface area contributed by atoms with Crippen LogP contribution in [0.2, 0.25) is 0 Å². The van der Waals surface area contributed by atoms with Gasteiger partial charge in [-0.05, 0) is 49.2 Å². The molecule has 0 aliphatic carbocycles. The van der Waals surface area contributed by atoms with E-state index in [2.05, 4.69) is 6.92 Å². The molecule has 3 aromatic rings. The van der Waals surface area contributed by atoms with Gasteiger partial charge in [0.25, 0.3) is 5.91 Å². The molecule has 0 aliphatic heterocycles. The van der Waals surface area contributed by atoms with Crippen molar-refractivity contribution in [3.63, 3.8) is 0 Å². The second-order valence-corrected chi connectivity index (χ2v) is 5.31. The van der Waals surface area contributed by atoms with Gasteiger partial charge in [0.15, 0.2) is 0 Å². The van der Waals surface area contributed by atoms with Gasteiger partial charge in [-0.2, -0.15) is 0 Å². The molecule has 3 rings (SSSR count). The highest BCUT2D eigenvalue weighted by atomic mass is 16.5. The Bertz CT molecular complexity index is 832. The summed E-state index contributed by atoms with van der Waals surface area (Å²) in [5, 5.41) is 1.09. The average Bonchev–Trinajstić information content (AvgIpc) is 2.85. The molecule has 0 atom stereocenters. The minimum atomic E-state index is 0.00738. The predicted octanol–water partition coefficient (Wildman–Crippen LogP) is 4.21. The van der Waals surface area contributed by atoms with Gasteiger partial charge in [0.2, 0.25) is 0 Å². The van der Waals surface area contributed by atoms with E-state index in [0.717, 1.165) is 28.8 Å². The molecule has 0 saturated heterocycles. The van der Waals surface area contributed by atoms with Crippen molar-refractivity contribution in [1.29, 1.82) is 0 Å². The zero-order valence-electron chi connectivity index (χ0n) is 13.1. The topological polar surface area (TPSA) is 31.2 Å². The Morgan fingerprint density at radius 2 is 1.86 bits per heavy atom. The smallest absolute Gasteiger partial charge is 0.262 e. The van der Waals surface area contributed by atoms with Crippen LogP contribution in [0.25, 0.3) is 10.9 Å². The van der Waals surface area contributed by atoms with Crippen LogP contribution in [0.1, 0.15) is 28.5 Å². The van der Waals surface area contributed by atoms with Crippen LogP contribution in [-0.2, 0) is 6.42 Å². The van der Waals surface area contributed by atoms with Gasteiger partial charge in [-0.15, -0.1) is 0 Å². The molecule has 0 unspecified atom stereocenters. The minimum Gasteiger partial charge on any atom is -0.497 e. The number of ether oxygens (including phenoxy) is 1. The van der Waals surface area contributed by atoms with E-state index >= 15 is 0 Å². The molecule has 0 aliphatic rings. The molecule has 1 heterocycles. The molecule has 3 nitrogen and oxygen atoms in total. The summed E-state index contributed by atoms with van der Waals surface area (Å²) >= 11 is 0. The standard InChI is InChI=1S/C19H19NO2/c1-4-16-13(2)20(19(21)14-8-6-5-7-9-14)18-11-10-15(22-3)12-17(16)18/h5-12H,4H2,1-3H3. The first-order valence-corrected chi connectivity index (χ1v) is 7.45. The minimum absolute atomic E-state index is 0.00738. The molecule has 3 heteroatoms. The van der Waals surface area contributed by atoms with Crippen molar-refractivity contribution in [2.75, 3.05) is 7.11 Å². The molecular formula is C19H19NO2. The van der Waals surface area contributed by atoms with E-state index in [0.29, 0.717) is 5.56 Å². The van der Waals surface area contributed by atoms with Crippen LogP contribution >= 0.6 is 0 Å². The number of aromatic nitrogens is 1. The van der Waals surface area contributed by atoms with E-state index in [1.54, 1.807) is 7.11 Å². The van der Waals surface area contributed by atoms with Gasteiger partial charge in [0.1, 0.15) is 5.75 Å². The number of carbonyl (C=O) groups excluding carboxylic acids is 1. The second-order valence-electron chi connectivity index (χ2n) is 5.31. The first-order chi connectivity index (χ1) is 10.7. The lowest BCUT2D eigenvalue weighted by Crippen LogP contribution is -2.13. The number of fused-ring (bicyclic) bond motifs is 1. The largest absolute Gasteiger partial charge is 0.497 e. The number of carbonyl (C=O) groups is 1. The van der Waals surface area contributed by atoms with Gasteiger partial charge in [-0.25, -0.2) is 0 Å². The maximum Gasteiger partial charge on any atom is 0.262 e. The Morgan fingerprint density at radius 1 is 1.14 bits per heavy atom. The van der Waals surface area contributed by atoms with Crippen LogP contribution in [-0.4, -0.2) is 17.6 Å². The molecule has 2 aromatic carbocycles. The Balaban J connectivity index is 2.26. The highest BCUT2D eigenvalue weighted by Crippen LogP contribution is 2.30. The van der Waals surface area contributed by atoms with E-state index in [1.165, 1.54) is 5.56 Å². The van der Waals surface area contributed by atoms with E-state index in [1.807, 2.05) is 60.0 Å². The number of nitrogens with zero attached hydrogens (tertiary/aromatic N) is 1.